The molecule has 1 amide bonds. The average Bonchev–Trinajstić information content (AvgIpc) is 2.94. The smallest absolute Gasteiger partial charge is 0.254 e. The molecule has 6 heteroatoms. The Morgan fingerprint density at radius 2 is 2.09 bits per heavy atom. The van der Waals surface area contributed by atoms with Crippen LogP contribution in [0.5, 0.6) is 0 Å². The minimum absolute atomic E-state index is 0. The van der Waals surface area contributed by atoms with Crippen LogP contribution >= 0.6 is 12.4 Å². The van der Waals surface area contributed by atoms with Crippen LogP contribution in [0.1, 0.15) is 35.5 Å². The quantitative estimate of drug-likeness (QED) is 0.887. The van der Waals surface area contributed by atoms with E-state index in [1.54, 1.807) is 12.1 Å². The summed E-state index contributed by atoms with van der Waals surface area (Å²) in [7, 11) is 0. The molecule has 1 aromatic heterocycles. The second-order valence-electron chi connectivity index (χ2n) is 5.58. The van der Waals surface area contributed by atoms with Crippen LogP contribution in [0.4, 0.5) is 4.39 Å². The van der Waals surface area contributed by atoms with Gasteiger partial charge in [0.25, 0.3) is 5.91 Å². The van der Waals surface area contributed by atoms with Crippen molar-refractivity contribution in [2.75, 3.05) is 6.54 Å². The van der Waals surface area contributed by atoms with Gasteiger partial charge in [-0.15, -0.1) is 12.4 Å². The van der Waals surface area contributed by atoms with E-state index in [0.717, 1.165) is 5.56 Å². The monoisotopic (exact) mass is 326 g/mol. The van der Waals surface area contributed by atoms with Crippen LogP contribution in [-0.4, -0.2) is 12.5 Å². The fraction of sp³-hybridized carbons (Fsp3) is 0.312. The molecule has 0 saturated carbocycles. The molecule has 4 nitrogen and oxygen atoms in total. The van der Waals surface area contributed by atoms with Gasteiger partial charge in [0, 0.05) is 12.0 Å². The molecule has 3 N–H and O–H groups in total. The largest absolute Gasteiger partial charge is 0.467 e. The first-order valence-electron chi connectivity index (χ1n) is 6.74. The molecule has 120 valence electrons. The van der Waals surface area contributed by atoms with Gasteiger partial charge in [-0.2, -0.15) is 0 Å². The molecule has 1 aromatic carbocycles. The van der Waals surface area contributed by atoms with Gasteiger partial charge in [0.15, 0.2) is 0 Å². The van der Waals surface area contributed by atoms with Crippen LogP contribution in [-0.2, 0) is 12.0 Å². The molecular formula is C16H20ClFN2O2. The minimum atomic E-state index is -0.377. The van der Waals surface area contributed by atoms with Crippen LogP contribution in [0.15, 0.2) is 41.0 Å². The number of furan rings is 1. The summed E-state index contributed by atoms with van der Waals surface area (Å²) in [4.78, 5) is 12.0. The van der Waals surface area contributed by atoms with Crippen molar-refractivity contribution >= 4 is 18.3 Å². The summed E-state index contributed by atoms with van der Waals surface area (Å²) in [6.45, 7) is 4.53. The van der Waals surface area contributed by atoms with Gasteiger partial charge in [-0.3, -0.25) is 4.79 Å². The normalized spacial score (nSPS) is 10.9. The van der Waals surface area contributed by atoms with Crippen LogP contribution in [0.3, 0.4) is 0 Å². The first-order chi connectivity index (χ1) is 9.92. The standard InChI is InChI=1S/C16H19FN2O2.ClH/c1-16(2,12-4-3-5-13(17)7-12)10-19-15(20)11-6-14(8-18)21-9-11;/h3-7,9H,8,10,18H2,1-2H3,(H,19,20);1H. The van der Waals surface area contributed by atoms with Crippen molar-refractivity contribution in [3.8, 4) is 0 Å². The second-order valence-corrected chi connectivity index (χ2v) is 5.58. The van der Waals surface area contributed by atoms with E-state index in [1.165, 1.54) is 18.4 Å². The predicted molar refractivity (Wildman–Crippen MR) is 85.6 cm³/mol. The van der Waals surface area contributed by atoms with E-state index in [4.69, 9.17) is 10.2 Å². The molecule has 0 saturated heterocycles. The number of hydrogen-bond acceptors (Lipinski definition) is 3. The number of hydrogen-bond donors (Lipinski definition) is 2. The number of carbonyl (C=O) groups excluding carboxylic acids is 1. The molecule has 0 aliphatic rings. The zero-order valence-electron chi connectivity index (χ0n) is 12.6. The van der Waals surface area contributed by atoms with Gasteiger partial charge in [0.1, 0.15) is 17.8 Å². The molecule has 0 fully saturated rings. The van der Waals surface area contributed by atoms with Gasteiger partial charge in [-0.05, 0) is 23.8 Å². The molecular weight excluding hydrogens is 307 g/mol. The molecule has 2 aromatic rings. The number of nitrogens with two attached hydrogens (primary N) is 1. The van der Waals surface area contributed by atoms with Crippen molar-refractivity contribution in [1.29, 1.82) is 0 Å². The van der Waals surface area contributed by atoms with Gasteiger partial charge in [0.05, 0.1) is 12.1 Å². The summed E-state index contributed by atoms with van der Waals surface area (Å²) in [5.41, 5.74) is 6.33. The van der Waals surface area contributed by atoms with Crippen molar-refractivity contribution in [3.63, 3.8) is 0 Å². The van der Waals surface area contributed by atoms with Gasteiger partial charge < -0.3 is 15.5 Å². The Hall–Kier alpha value is -1.85. The first kappa shape index (κ1) is 18.2. The van der Waals surface area contributed by atoms with Crippen molar-refractivity contribution in [2.45, 2.75) is 25.8 Å². The number of nitrogens with one attached hydrogen (secondary N) is 1. The highest BCUT2D eigenvalue weighted by molar-refractivity contribution is 5.94. The van der Waals surface area contributed by atoms with Crippen LogP contribution in [0.25, 0.3) is 0 Å². The summed E-state index contributed by atoms with van der Waals surface area (Å²) in [6.07, 6.45) is 1.38. The van der Waals surface area contributed by atoms with Crippen molar-refractivity contribution in [2.24, 2.45) is 5.73 Å². The number of carbonyl (C=O) groups is 1. The number of rotatable bonds is 5. The average molecular weight is 327 g/mol. The van der Waals surface area contributed by atoms with E-state index in [1.807, 2.05) is 19.9 Å². The first-order valence-corrected chi connectivity index (χ1v) is 6.74. The summed E-state index contributed by atoms with van der Waals surface area (Å²) in [5, 5.41) is 2.83. The number of halogens is 2. The van der Waals surface area contributed by atoms with Gasteiger partial charge >= 0.3 is 0 Å². The molecule has 2 rings (SSSR count). The second kappa shape index (κ2) is 7.42. The Morgan fingerprint density at radius 1 is 1.36 bits per heavy atom. The molecule has 0 spiro atoms. The Labute approximate surface area is 135 Å². The van der Waals surface area contributed by atoms with E-state index in [0.29, 0.717) is 17.9 Å². The summed E-state index contributed by atoms with van der Waals surface area (Å²) >= 11 is 0. The van der Waals surface area contributed by atoms with Gasteiger partial charge in [0.2, 0.25) is 0 Å². The van der Waals surface area contributed by atoms with E-state index in [9.17, 15) is 9.18 Å². The maximum Gasteiger partial charge on any atom is 0.254 e. The molecule has 0 aliphatic heterocycles. The van der Waals surface area contributed by atoms with Crippen LogP contribution in [0, 0.1) is 5.82 Å². The fourth-order valence-corrected chi connectivity index (χ4v) is 2.02. The molecule has 22 heavy (non-hydrogen) atoms. The molecule has 0 unspecified atom stereocenters. The summed E-state index contributed by atoms with van der Waals surface area (Å²) in [6, 6.07) is 8.01. The summed E-state index contributed by atoms with van der Waals surface area (Å²) in [5.74, 6) is 0.0433. The minimum Gasteiger partial charge on any atom is -0.467 e. The van der Waals surface area contributed by atoms with Crippen LogP contribution < -0.4 is 11.1 Å². The third-order valence-corrected chi connectivity index (χ3v) is 3.41. The lowest BCUT2D eigenvalue weighted by molar-refractivity contribution is 0.0945. The predicted octanol–water partition coefficient (Wildman–Crippen LogP) is 3.01. The molecule has 0 bridgehead atoms. The lowest BCUT2D eigenvalue weighted by atomic mass is 9.84. The maximum absolute atomic E-state index is 13.3. The Balaban J connectivity index is 0.00000242. The maximum atomic E-state index is 13.3. The Morgan fingerprint density at radius 3 is 2.68 bits per heavy atom. The lowest BCUT2D eigenvalue weighted by Crippen LogP contribution is -2.36. The van der Waals surface area contributed by atoms with E-state index in [2.05, 4.69) is 5.32 Å². The fourth-order valence-electron chi connectivity index (χ4n) is 2.02. The van der Waals surface area contributed by atoms with Gasteiger partial charge in [-0.25, -0.2) is 4.39 Å². The highest BCUT2D eigenvalue weighted by atomic mass is 35.5. The topological polar surface area (TPSA) is 68.3 Å². The van der Waals surface area contributed by atoms with Crippen molar-refractivity contribution in [3.05, 3.63) is 59.3 Å². The summed E-state index contributed by atoms with van der Waals surface area (Å²) < 4.78 is 18.4. The van der Waals surface area contributed by atoms with Gasteiger partial charge in [-0.1, -0.05) is 26.0 Å². The third-order valence-electron chi connectivity index (χ3n) is 3.41. The van der Waals surface area contributed by atoms with Crippen molar-refractivity contribution < 1.29 is 13.6 Å². The highest BCUT2D eigenvalue weighted by Gasteiger charge is 2.22. The Bertz CT molecular complexity index is 641. The zero-order chi connectivity index (χ0) is 15.5. The van der Waals surface area contributed by atoms with Crippen LogP contribution in [0.2, 0.25) is 0 Å². The number of amides is 1. The van der Waals surface area contributed by atoms with E-state index < -0.39 is 0 Å². The Kier molecular flexibility index (Phi) is 6.14. The molecule has 0 radical (unpaired) electrons. The van der Waals surface area contributed by atoms with E-state index in [-0.39, 0.29) is 36.1 Å². The lowest BCUT2D eigenvalue weighted by Gasteiger charge is -2.25. The third kappa shape index (κ3) is 4.32. The van der Waals surface area contributed by atoms with Crippen molar-refractivity contribution in [1.82, 2.24) is 5.32 Å². The SMILES string of the molecule is CC(C)(CNC(=O)c1coc(CN)c1)c1cccc(F)c1.Cl. The number of benzene rings is 1. The van der Waals surface area contributed by atoms with E-state index >= 15 is 0 Å². The highest BCUT2D eigenvalue weighted by Crippen LogP contribution is 2.23. The molecule has 0 aliphatic carbocycles. The molecule has 0 atom stereocenters. The molecule has 1 heterocycles. The zero-order valence-corrected chi connectivity index (χ0v) is 13.4.